The Morgan fingerprint density at radius 3 is 1.72 bits per heavy atom. The number of aromatic nitrogens is 8. The maximum atomic E-state index is 12.9. The van der Waals surface area contributed by atoms with E-state index in [0.29, 0.717) is 44.8 Å². The Hall–Kier alpha value is -7.71. The van der Waals surface area contributed by atoms with Crippen molar-refractivity contribution in [3.8, 4) is 0 Å². The number of imidazole rings is 2. The van der Waals surface area contributed by atoms with Gasteiger partial charge in [0.1, 0.15) is 11.0 Å². The highest BCUT2D eigenvalue weighted by Crippen LogP contribution is 2.47. The molecule has 67 heavy (non-hydrogen) atoms. The molecular weight excluding hydrogens is 861 g/mol. The molecule has 2 aliphatic heterocycles. The zero-order chi connectivity index (χ0) is 48.0. The number of carbonyl (C=O) groups is 3. The van der Waals surface area contributed by atoms with E-state index in [-0.39, 0.29) is 41.8 Å². The van der Waals surface area contributed by atoms with E-state index in [9.17, 15) is 14.4 Å². The molecule has 2 fully saturated rings. The lowest BCUT2D eigenvalue weighted by atomic mass is 9.86. The lowest BCUT2D eigenvalue weighted by molar-refractivity contribution is -0.169. The van der Waals surface area contributed by atoms with E-state index in [0.717, 1.165) is 12.8 Å². The molecule has 0 radical (unpaired) electrons. The Bertz CT molecular complexity index is 2830. The summed E-state index contributed by atoms with van der Waals surface area (Å²) in [5, 5.41) is 0. The predicted molar refractivity (Wildman–Crippen MR) is 249 cm³/mol. The van der Waals surface area contributed by atoms with Crippen molar-refractivity contribution in [3.63, 3.8) is 0 Å². The number of ether oxygens (including phenoxy) is 5. The van der Waals surface area contributed by atoms with E-state index in [4.69, 9.17) is 46.6 Å². The summed E-state index contributed by atoms with van der Waals surface area (Å²) in [6, 6.07) is 26.3. The Morgan fingerprint density at radius 1 is 0.657 bits per heavy atom. The van der Waals surface area contributed by atoms with Crippen molar-refractivity contribution in [3.05, 3.63) is 120 Å². The van der Waals surface area contributed by atoms with Gasteiger partial charge >= 0.3 is 17.9 Å². The molecule has 0 spiro atoms. The van der Waals surface area contributed by atoms with Crippen molar-refractivity contribution in [2.75, 3.05) is 22.9 Å². The normalized spacial score (nSPS) is 24.2. The summed E-state index contributed by atoms with van der Waals surface area (Å²) in [4.78, 5) is 64.8. The zero-order valence-electron chi connectivity index (χ0n) is 37.9. The van der Waals surface area contributed by atoms with Gasteiger partial charge in [0.2, 0.25) is 18.2 Å². The van der Waals surface area contributed by atoms with Gasteiger partial charge < -0.3 is 51.6 Å². The number of esters is 3. The Morgan fingerprint density at radius 2 is 1.15 bits per heavy atom. The van der Waals surface area contributed by atoms with Crippen LogP contribution >= 0.6 is 0 Å². The number of nitrogen functional groups attached to an aromatic ring is 4. The van der Waals surface area contributed by atoms with Gasteiger partial charge in [-0.15, -0.1) is 0 Å². The third kappa shape index (κ3) is 9.80. The van der Waals surface area contributed by atoms with E-state index in [1.165, 1.54) is 6.33 Å². The summed E-state index contributed by atoms with van der Waals surface area (Å²) in [5.41, 5.74) is 23.8. The third-order valence-electron chi connectivity index (χ3n) is 12.2. The monoisotopic (exact) mass is 914 g/mol. The van der Waals surface area contributed by atoms with Crippen molar-refractivity contribution < 1.29 is 38.1 Å². The number of carbonyl (C=O) groups excluding carboxylic acids is 3. The van der Waals surface area contributed by atoms with Crippen LogP contribution in [0.3, 0.4) is 0 Å². The number of H-pyrrole nitrogens is 1. The fourth-order valence-electron chi connectivity index (χ4n) is 8.08. The molecule has 0 amide bonds. The fraction of sp³-hybridized carbons (Fsp3) is 0.340. The minimum atomic E-state index is -1.09. The zero-order valence-corrected chi connectivity index (χ0v) is 37.9. The average molecular weight is 915 g/mol. The first-order valence-electron chi connectivity index (χ1n) is 21.7. The van der Waals surface area contributed by atoms with Crippen molar-refractivity contribution in [1.82, 2.24) is 39.5 Å². The van der Waals surface area contributed by atoms with Crippen LogP contribution in [0.15, 0.2) is 104 Å². The summed E-state index contributed by atoms with van der Waals surface area (Å²) < 4.78 is 31.5. The van der Waals surface area contributed by atoms with Gasteiger partial charge in [0.15, 0.2) is 40.4 Å². The first-order valence-corrected chi connectivity index (χ1v) is 21.7. The molecule has 2 aliphatic rings. The topological polar surface area (TPSA) is 299 Å². The summed E-state index contributed by atoms with van der Waals surface area (Å²) in [6.45, 7) is 11.6. The molecule has 7 aromatic rings. The van der Waals surface area contributed by atoms with Crippen LogP contribution in [-0.2, 0) is 23.7 Å². The van der Waals surface area contributed by atoms with Gasteiger partial charge in [0, 0.05) is 11.8 Å². The Balaban J connectivity index is 0.000000163. The minimum absolute atomic E-state index is 0.0396. The molecule has 0 aliphatic carbocycles. The van der Waals surface area contributed by atoms with Crippen LogP contribution in [0, 0.1) is 11.8 Å². The van der Waals surface area contributed by atoms with Crippen LogP contribution < -0.4 is 22.9 Å². The summed E-state index contributed by atoms with van der Waals surface area (Å²) in [7, 11) is 0. The highest BCUT2D eigenvalue weighted by Gasteiger charge is 2.57. The van der Waals surface area contributed by atoms with Gasteiger partial charge in [-0.25, -0.2) is 24.4 Å². The molecule has 4 aromatic heterocycles. The molecule has 0 saturated carbocycles. The van der Waals surface area contributed by atoms with E-state index in [2.05, 4.69) is 34.9 Å². The smallest absolute Gasteiger partial charge is 0.340 e. The molecule has 1 unspecified atom stereocenters. The van der Waals surface area contributed by atoms with Gasteiger partial charge in [0.25, 0.3) is 0 Å². The van der Waals surface area contributed by atoms with Crippen molar-refractivity contribution in [1.29, 1.82) is 0 Å². The molecule has 6 heterocycles. The van der Waals surface area contributed by atoms with Gasteiger partial charge in [-0.2, -0.15) is 19.9 Å². The molecule has 2 saturated heterocycles. The van der Waals surface area contributed by atoms with E-state index in [1.54, 1.807) is 90.6 Å². The highest BCUT2D eigenvalue weighted by atomic mass is 16.7. The second-order valence-corrected chi connectivity index (χ2v) is 16.4. The SMILES string of the molecule is CC[C@H]1OC(OC(=O)c2ccccc2)[C@](C)(OC(=O)c2ccccc2)[C@@H]1C.CC[C@H]1O[C@@H](n2cnc3c(N)nc(N)nc32)[C@](C)(OC(=O)c2ccccc2)[C@@H]1C.Nc1nc(N)c2[nH]cnc2n1. The molecule has 9 N–H and O–H groups in total. The molecule has 350 valence electrons. The van der Waals surface area contributed by atoms with Crippen LogP contribution in [0.2, 0.25) is 0 Å². The maximum absolute atomic E-state index is 12.9. The van der Waals surface area contributed by atoms with E-state index in [1.807, 2.05) is 52.8 Å². The first kappa shape index (κ1) is 47.3. The molecule has 20 heteroatoms. The number of benzene rings is 3. The van der Waals surface area contributed by atoms with Gasteiger partial charge in [-0.05, 0) is 63.1 Å². The number of anilines is 4. The largest absolute Gasteiger partial charge is 0.451 e. The van der Waals surface area contributed by atoms with Gasteiger partial charge in [-0.1, -0.05) is 82.3 Å². The van der Waals surface area contributed by atoms with Crippen molar-refractivity contribution in [2.24, 2.45) is 11.8 Å². The van der Waals surface area contributed by atoms with Crippen molar-refractivity contribution in [2.45, 2.75) is 90.3 Å². The quantitative estimate of drug-likeness (QED) is 0.0784. The minimum Gasteiger partial charge on any atom is -0.451 e. The van der Waals surface area contributed by atoms with E-state index < -0.39 is 41.6 Å². The molecule has 8 atom stereocenters. The third-order valence-corrected chi connectivity index (χ3v) is 12.2. The van der Waals surface area contributed by atoms with Gasteiger partial charge in [-0.3, -0.25) is 4.57 Å². The second kappa shape index (κ2) is 19.8. The van der Waals surface area contributed by atoms with Crippen LogP contribution in [0.4, 0.5) is 23.5 Å². The molecule has 0 bridgehead atoms. The summed E-state index contributed by atoms with van der Waals surface area (Å²) in [6.07, 6.45) is 2.65. The Labute approximate surface area is 385 Å². The number of nitrogens with one attached hydrogen (secondary N) is 1. The number of nitrogens with zero attached hydrogens (tertiary/aromatic N) is 7. The molecule has 3 aromatic carbocycles. The van der Waals surface area contributed by atoms with Crippen LogP contribution in [0.1, 0.15) is 91.7 Å². The molecule has 9 rings (SSSR count). The number of hydrogen-bond donors (Lipinski definition) is 5. The maximum Gasteiger partial charge on any atom is 0.340 e. The number of aromatic amines is 1. The number of fused-ring (bicyclic) bond motifs is 2. The molecular formula is C47H54N12O8. The van der Waals surface area contributed by atoms with Crippen LogP contribution in [0.5, 0.6) is 0 Å². The fourth-order valence-corrected chi connectivity index (χ4v) is 8.08. The summed E-state index contributed by atoms with van der Waals surface area (Å²) >= 11 is 0. The Kier molecular flexibility index (Phi) is 14.0. The average Bonchev–Trinajstić information content (AvgIpc) is 4.09. The number of hydrogen-bond acceptors (Lipinski definition) is 18. The highest BCUT2D eigenvalue weighted by molar-refractivity contribution is 5.91. The second-order valence-electron chi connectivity index (χ2n) is 16.4. The standard InChI is InChI=1S/C22H24O5.C20H24N6O3.C5H6N6/c1-4-18-15(2)22(3,27-20(24)17-13-9-6-10-14-17)21(25-18)26-19(23)16-11-7-5-8-12-16;1-4-13-11(2)20(3,29-17(27)12-8-6-5-7-9-12)18(28-13)26-10-23-14-15(21)24-19(22)25-16(14)26;6-3-2-4(9-1-8-2)11-5(7)10-3/h5-15,18,21H,4H2,1-3H3;5-11,13,18H,4H2,1-3H3,(H4,21,22,24,25);1H,(H5,6,7,8,9,10,11)/t15-,18-,21?,22-;11-,13-,18-,20-;/m11./s1. The molecule has 20 nitrogen and oxygen atoms in total. The lowest BCUT2D eigenvalue weighted by Crippen LogP contribution is -2.46. The number of rotatable bonds is 9. The lowest BCUT2D eigenvalue weighted by Gasteiger charge is -2.33. The van der Waals surface area contributed by atoms with Crippen molar-refractivity contribution >= 4 is 63.8 Å². The number of nitrogens with two attached hydrogens (primary N) is 4. The van der Waals surface area contributed by atoms with Crippen LogP contribution in [-0.4, -0.2) is 87.1 Å². The predicted octanol–water partition coefficient (Wildman–Crippen LogP) is 6.30. The first-order chi connectivity index (χ1) is 32.1. The van der Waals surface area contributed by atoms with E-state index >= 15 is 0 Å². The summed E-state index contributed by atoms with van der Waals surface area (Å²) in [5.74, 6) is -0.902. The van der Waals surface area contributed by atoms with Crippen LogP contribution in [0.25, 0.3) is 22.3 Å². The van der Waals surface area contributed by atoms with Gasteiger partial charge in [0.05, 0.1) is 41.6 Å².